The maximum atomic E-state index is 12.1. The molecule has 0 spiro atoms. The molecule has 0 aromatic carbocycles. The summed E-state index contributed by atoms with van der Waals surface area (Å²) in [6.07, 6.45) is 1.24. The topological polar surface area (TPSA) is 73.1 Å². The molecule has 1 rings (SSSR count). The fraction of sp³-hybridized carbons (Fsp3) is 0.846. The minimum atomic E-state index is -0.920. The Morgan fingerprint density at radius 3 is 2.35 bits per heavy atom. The minimum absolute atomic E-state index is 0.0316. The fourth-order valence-electron chi connectivity index (χ4n) is 2.22. The van der Waals surface area contributed by atoms with Crippen molar-refractivity contribution in [3.05, 3.63) is 0 Å². The highest BCUT2D eigenvalue weighted by Gasteiger charge is 2.49. The lowest BCUT2D eigenvalue weighted by atomic mass is 9.64. The summed E-state index contributed by atoms with van der Waals surface area (Å²) in [5.74, 6) is -0.199. The van der Waals surface area contributed by atoms with Crippen LogP contribution in [0, 0.1) is 22.2 Å². The quantitative estimate of drug-likeness (QED) is 0.781. The summed E-state index contributed by atoms with van der Waals surface area (Å²) in [7, 11) is 0. The summed E-state index contributed by atoms with van der Waals surface area (Å²) < 4.78 is 0. The van der Waals surface area contributed by atoms with Crippen LogP contribution in [-0.2, 0) is 4.79 Å². The molecule has 0 saturated heterocycles. The Labute approximate surface area is 103 Å². The first-order valence-corrected chi connectivity index (χ1v) is 6.24. The van der Waals surface area contributed by atoms with Crippen molar-refractivity contribution < 1.29 is 9.90 Å². The number of aliphatic hydroxyl groups excluding tert-OH is 1. The minimum Gasteiger partial charge on any atom is -0.392 e. The molecule has 1 saturated carbocycles. The number of hydrogen-bond acceptors (Lipinski definition) is 3. The second kappa shape index (κ2) is 4.66. The molecule has 17 heavy (non-hydrogen) atoms. The molecular formula is C13H22N2O2. The van der Waals surface area contributed by atoms with Gasteiger partial charge in [-0.1, -0.05) is 27.7 Å². The van der Waals surface area contributed by atoms with Crippen molar-refractivity contribution in [2.45, 2.75) is 59.1 Å². The van der Waals surface area contributed by atoms with Gasteiger partial charge in [0.2, 0.25) is 5.91 Å². The van der Waals surface area contributed by atoms with Crippen LogP contribution in [0.3, 0.4) is 0 Å². The van der Waals surface area contributed by atoms with Crippen LogP contribution in [-0.4, -0.2) is 23.2 Å². The Hall–Kier alpha value is -1.08. The molecule has 4 heteroatoms. The zero-order chi connectivity index (χ0) is 13.3. The SMILES string of the molecule is CCC(C#N)(CC)C(=O)NC1CC(O)C1(C)C. The Morgan fingerprint density at radius 1 is 1.53 bits per heavy atom. The van der Waals surface area contributed by atoms with Gasteiger partial charge in [-0.2, -0.15) is 5.26 Å². The molecule has 0 radical (unpaired) electrons. The van der Waals surface area contributed by atoms with Crippen LogP contribution in [0.5, 0.6) is 0 Å². The highest BCUT2D eigenvalue weighted by atomic mass is 16.3. The van der Waals surface area contributed by atoms with Crippen molar-refractivity contribution in [2.75, 3.05) is 0 Å². The number of rotatable bonds is 4. The number of carbonyl (C=O) groups excluding carboxylic acids is 1. The smallest absolute Gasteiger partial charge is 0.240 e. The van der Waals surface area contributed by atoms with Crippen LogP contribution in [0.2, 0.25) is 0 Å². The van der Waals surface area contributed by atoms with Gasteiger partial charge in [0.25, 0.3) is 0 Å². The molecule has 2 N–H and O–H groups in total. The first-order chi connectivity index (χ1) is 7.84. The van der Waals surface area contributed by atoms with Crippen molar-refractivity contribution in [1.29, 1.82) is 5.26 Å². The van der Waals surface area contributed by atoms with Crippen molar-refractivity contribution in [3.8, 4) is 6.07 Å². The standard InChI is InChI=1S/C13H22N2O2/c1-5-13(6-2,8-14)11(17)15-9-7-10(16)12(9,3)4/h9-10,16H,5-7H2,1-4H3,(H,15,17). The maximum absolute atomic E-state index is 12.1. The molecule has 96 valence electrons. The molecule has 0 heterocycles. The molecule has 0 aromatic heterocycles. The Morgan fingerprint density at radius 2 is 2.06 bits per heavy atom. The van der Waals surface area contributed by atoms with Gasteiger partial charge >= 0.3 is 0 Å². The van der Waals surface area contributed by atoms with Gasteiger partial charge in [0.15, 0.2) is 0 Å². The third-order valence-electron chi connectivity index (χ3n) is 4.38. The Bertz CT molecular complexity index is 340. The van der Waals surface area contributed by atoms with Gasteiger partial charge in [-0.3, -0.25) is 4.79 Å². The normalized spacial score (nSPS) is 26.8. The first kappa shape index (κ1) is 14.0. The van der Waals surface area contributed by atoms with Crippen molar-refractivity contribution >= 4 is 5.91 Å². The summed E-state index contributed by atoms with van der Waals surface area (Å²) in [6.45, 7) is 7.57. The zero-order valence-electron chi connectivity index (χ0n) is 11.1. The highest BCUT2D eigenvalue weighted by molar-refractivity contribution is 5.85. The average Bonchev–Trinajstić information content (AvgIpc) is 2.31. The number of carbonyl (C=O) groups is 1. The van der Waals surface area contributed by atoms with E-state index in [4.69, 9.17) is 0 Å². The van der Waals surface area contributed by atoms with Crippen LogP contribution in [0.4, 0.5) is 0 Å². The van der Waals surface area contributed by atoms with Gasteiger partial charge in [0.05, 0.1) is 12.2 Å². The highest BCUT2D eigenvalue weighted by Crippen LogP contribution is 2.41. The summed E-state index contributed by atoms with van der Waals surface area (Å²) >= 11 is 0. The third kappa shape index (κ3) is 2.16. The molecule has 1 amide bonds. The average molecular weight is 238 g/mol. The molecule has 0 aromatic rings. The van der Waals surface area contributed by atoms with Crippen molar-refractivity contribution in [3.63, 3.8) is 0 Å². The molecule has 1 fully saturated rings. The van der Waals surface area contributed by atoms with Crippen LogP contribution in [0.1, 0.15) is 47.0 Å². The van der Waals surface area contributed by atoms with Crippen LogP contribution < -0.4 is 5.32 Å². The van der Waals surface area contributed by atoms with E-state index in [0.717, 1.165) is 0 Å². The lowest BCUT2D eigenvalue weighted by Gasteiger charge is -2.50. The molecular weight excluding hydrogens is 216 g/mol. The van der Waals surface area contributed by atoms with E-state index < -0.39 is 5.41 Å². The van der Waals surface area contributed by atoms with E-state index in [9.17, 15) is 15.2 Å². The van der Waals surface area contributed by atoms with Crippen LogP contribution in [0.15, 0.2) is 0 Å². The molecule has 1 aliphatic rings. The molecule has 4 nitrogen and oxygen atoms in total. The van der Waals surface area contributed by atoms with Crippen LogP contribution in [0.25, 0.3) is 0 Å². The monoisotopic (exact) mass is 238 g/mol. The number of nitrogens with one attached hydrogen (secondary N) is 1. The van der Waals surface area contributed by atoms with Gasteiger partial charge in [0, 0.05) is 11.5 Å². The van der Waals surface area contributed by atoms with Gasteiger partial charge in [-0.05, 0) is 19.3 Å². The predicted molar refractivity (Wildman–Crippen MR) is 65.0 cm³/mol. The molecule has 2 atom stereocenters. The lowest BCUT2D eigenvalue weighted by Crippen LogP contribution is -2.62. The van der Waals surface area contributed by atoms with Crippen molar-refractivity contribution in [2.24, 2.45) is 10.8 Å². The van der Waals surface area contributed by atoms with E-state index >= 15 is 0 Å². The van der Waals surface area contributed by atoms with E-state index in [1.54, 1.807) is 0 Å². The number of aliphatic hydroxyl groups is 1. The predicted octanol–water partition coefficient (Wildman–Crippen LogP) is 1.59. The van der Waals surface area contributed by atoms with E-state index in [2.05, 4.69) is 11.4 Å². The molecule has 0 bridgehead atoms. The largest absolute Gasteiger partial charge is 0.392 e. The molecule has 1 aliphatic carbocycles. The Kier molecular flexibility index (Phi) is 3.83. The lowest BCUT2D eigenvalue weighted by molar-refractivity contribution is -0.136. The second-order valence-electron chi connectivity index (χ2n) is 5.50. The van der Waals surface area contributed by atoms with Crippen molar-refractivity contribution in [1.82, 2.24) is 5.32 Å². The van der Waals surface area contributed by atoms with E-state index in [0.29, 0.717) is 19.3 Å². The van der Waals surface area contributed by atoms with E-state index in [-0.39, 0.29) is 23.5 Å². The van der Waals surface area contributed by atoms with Gasteiger partial charge < -0.3 is 10.4 Å². The summed E-state index contributed by atoms with van der Waals surface area (Å²) in [4.78, 5) is 12.1. The zero-order valence-corrected chi connectivity index (χ0v) is 11.1. The maximum Gasteiger partial charge on any atom is 0.240 e. The number of nitrogens with zero attached hydrogens (tertiary/aromatic N) is 1. The van der Waals surface area contributed by atoms with E-state index in [1.807, 2.05) is 27.7 Å². The van der Waals surface area contributed by atoms with Gasteiger partial charge in [-0.25, -0.2) is 0 Å². The number of nitriles is 1. The number of amides is 1. The first-order valence-electron chi connectivity index (χ1n) is 6.24. The molecule has 0 aliphatic heterocycles. The van der Waals surface area contributed by atoms with Gasteiger partial charge in [-0.15, -0.1) is 0 Å². The Balaban J connectivity index is 2.71. The third-order valence-corrected chi connectivity index (χ3v) is 4.38. The van der Waals surface area contributed by atoms with Crippen LogP contribution >= 0.6 is 0 Å². The second-order valence-corrected chi connectivity index (χ2v) is 5.50. The number of hydrogen-bond donors (Lipinski definition) is 2. The summed E-state index contributed by atoms with van der Waals surface area (Å²) in [6, 6.07) is 2.10. The van der Waals surface area contributed by atoms with E-state index in [1.165, 1.54) is 0 Å². The summed E-state index contributed by atoms with van der Waals surface area (Å²) in [5.41, 5.74) is -1.21. The fourth-order valence-corrected chi connectivity index (χ4v) is 2.22. The summed E-state index contributed by atoms with van der Waals surface area (Å²) in [5, 5.41) is 21.7. The molecule has 2 unspecified atom stereocenters. The van der Waals surface area contributed by atoms with Gasteiger partial charge in [0.1, 0.15) is 5.41 Å².